The molecule has 1 saturated heterocycles. The molecular formula is C19H28ClN7O. The van der Waals surface area contributed by atoms with Crippen LogP contribution in [0.3, 0.4) is 0 Å². The number of pyridine rings is 1. The predicted octanol–water partition coefficient (Wildman–Crippen LogP) is 2.62. The maximum atomic E-state index is 6.26. The Morgan fingerprint density at radius 1 is 1.46 bits per heavy atom. The molecule has 1 unspecified atom stereocenters. The molecule has 28 heavy (non-hydrogen) atoms. The van der Waals surface area contributed by atoms with Gasteiger partial charge in [-0.1, -0.05) is 30.6 Å². The molecule has 0 aliphatic carbocycles. The Labute approximate surface area is 170 Å². The van der Waals surface area contributed by atoms with Crippen molar-refractivity contribution in [3.8, 4) is 0 Å². The molecule has 0 spiro atoms. The molecule has 1 aliphatic rings. The number of hydrogen-bond acceptors (Lipinski definition) is 6. The van der Waals surface area contributed by atoms with Gasteiger partial charge in [-0.05, 0) is 25.0 Å². The quantitative estimate of drug-likeness (QED) is 0.415. The Hall–Kier alpha value is -2.35. The fraction of sp³-hybridized carbons (Fsp3) is 0.579. The van der Waals surface area contributed by atoms with Crippen LogP contribution >= 0.6 is 11.6 Å². The van der Waals surface area contributed by atoms with Crippen molar-refractivity contribution < 1.29 is 4.52 Å². The van der Waals surface area contributed by atoms with Crippen molar-refractivity contribution in [3.05, 3.63) is 35.1 Å². The minimum absolute atomic E-state index is 0.283. The third-order valence-electron chi connectivity index (χ3n) is 4.65. The van der Waals surface area contributed by atoms with E-state index in [9.17, 15) is 0 Å². The summed E-state index contributed by atoms with van der Waals surface area (Å²) >= 11 is 6.26. The third kappa shape index (κ3) is 5.34. The van der Waals surface area contributed by atoms with Crippen LogP contribution in [0, 0.1) is 0 Å². The highest BCUT2D eigenvalue weighted by molar-refractivity contribution is 6.32. The van der Waals surface area contributed by atoms with E-state index in [0.717, 1.165) is 56.5 Å². The summed E-state index contributed by atoms with van der Waals surface area (Å²) in [4.78, 5) is 15.3. The summed E-state index contributed by atoms with van der Waals surface area (Å²) in [5.41, 5.74) is 0. The van der Waals surface area contributed by atoms with Crippen LogP contribution < -0.4 is 15.5 Å². The first-order chi connectivity index (χ1) is 13.6. The lowest BCUT2D eigenvalue weighted by Crippen LogP contribution is -2.45. The monoisotopic (exact) mass is 405 g/mol. The highest BCUT2D eigenvalue weighted by atomic mass is 35.5. The van der Waals surface area contributed by atoms with Crippen LogP contribution in [0.1, 0.15) is 44.3 Å². The van der Waals surface area contributed by atoms with Gasteiger partial charge in [0, 0.05) is 51.3 Å². The van der Waals surface area contributed by atoms with Crippen LogP contribution in [0.5, 0.6) is 0 Å². The molecule has 8 nitrogen and oxygen atoms in total. The number of aryl methyl sites for hydroxylation is 1. The van der Waals surface area contributed by atoms with Gasteiger partial charge in [0.1, 0.15) is 5.82 Å². The van der Waals surface area contributed by atoms with Gasteiger partial charge >= 0.3 is 0 Å². The SMILES string of the molecule is CN=C(NCCCc1nc(C(C)C)no1)NC1CCN(c2ncccc2Cl)C1. The van der Waals surface area contributed by atoms with Crippen molar-refractivity contribution in [3.63, 3.8) is 0 Å². The van der Waals surface area contributed by atoms with Gasteiger partial charge in [0.15, 0.2) is 11.8 Å². The molecule has 3 heterocycles. The van der Waals surface area contributed by atoms with Gasteiger partial charge in [0.2, 0.25) is 5.89 Å². The van der Waals surface area contributed by atoms with Gasteiger partial charge in [-0.25, -0.2) is 4.98 Å². The molecule has 0 bridgehead atoms. The molecule has 1 fully saturated rings. The zero-order valence-corrected chi connectivity index (χ0v) is 17.4. The molecule has 0 amide bonds. The minimum Gasteiger partial charge on any atom is -0.356 e. The molecule has 9 heteroatoms. The number of halogens is 1. The molecule has 3 rings (SSSR count). The van der Waals surface area contributed by atoms with Crippen molar-refractivity contribution in [2.75, 3.05) is 31.6 Å². The lowest BCUT2D eigenvalue weighted by molar-refractivity contribution is 0.368. The van der Waals surface area contributed by atoms with Gasteiger partial charge in [0.25, 0.3) is 0 Å². The molecule has 0 saturated carbocycles. The van der Waals surface area contributed by atoms with Crippen LogP contribution in [0.15, 0.2) is 27.8 Å². The van der Waals surface area contributed by atoms with Gasteiger partial charge < -0.3 is 20.1 Å². The second kappa shape index (κ2) is 9.73. The van der Waals surface area contributed by atoms with Crippen LogP contribution in [0.2, 0.25) is 5.02 Å². The molecule has 2 aromatic rings. The molecule has 1 aliphatic heterocycles. The predicted molar refractivity (Wildman–Crippen MR) is 111 cm³/mol. The van der Waals surface area contributed by atoms with E-state index < -0.39 is 0 Å². The first-order valence-corrected chi connectivity index (χ1v) is 10.1. The Kier molecular flexibility index (Phi) is 7.08. The first-order valence-electron chi connectivity index (χ1n) is 9.72. The van der Waals surface area contributed by atoms with E-state index in [-0.39, 0.29) is 5.92 Å². The maximum Gasteiger partial charge on any atom is 0.226 e. The van der Waals surface area contributed by atoms with E-state index in [1.165, 1.54) is 0 Å². The number of nitrogens with one attached hydrogen (secondary N) is 2. The normalized spacial score (nSPS) is 17.4. The number of rotatable bonds is 7. The van der Waals surface area contributed by atoms with Gasteiger partial charge in [0.05, 0.1) is 5.02 Å². The van der Waals surface area contributed by atoms with Crippen molar-refractivity contribution in [2.24, 2.45) is 4.99 Å². The zero-order valence-electron chi connectivity index (χ0n) is 16.7. The van der Waals surface area contributed by atoms with Crippen LogP contribution in [0.4, 0.5) is 5.82 Å². The lowest BCUT2D eigenvalue weighted by Gasteiger charge is -2.20. The van der Waals surface area contributed by atoms with Gasteiger partial charge in [-0.15, -0.1) is 0 Å². The number of guanidine groups is 1. The summed E-state index contributed by atoms with van der Waals surface area (Å²) in [6.45, 7) is 6.65. The average Bonchev–Trinajstić information content (AvgIpc) is 3.34. The number of anilines is 1. The molecule has 0 aromatic carbocycles. The minimum atomic E-state index is 0.283. The Bertz CT molecular complexity index is 792. The second-order valence-corrected chi connectivity index (χ2v) is 7.60. The molecule has 2 aromatic heterocycles. The fourth-order valence-corrected chi connectivity index (χ4v) is 3.36. The molecule has 1 atom stereocenters. The van der Waals surface area contributed by atoms with E-state index >= 15 is 0 Å². The molecule has 2 N–H and O–H groups in total. The molecular weight excluding hydrogens is 378 g/mol. The van der Waals surface area contributed by atoms with Crippen LogP contribution in [-0.2, 0) is 6.42 Å². The summed E-state index contributed by atoms with van der Waals surface area (Å²) in [5.74, 6) is 3.38. The smallest absolute Gasteiger partial charge is 0.226 e. The van der Waals surface area contributed by atoms with Crippen molar-refractivity contribution >= 4 is 23.4 Å². The van der Waals surface area contributed by atoms with E-state index in [1.54, 1.807) is 13.2 Å². The van der Waals surface area contributed by atoms with Crippen LogP contribution in [-0.4, -0.2) is 53.8 Å². The van der Waals surface area contributed by atoms with Crippen molar-refractivity contribution in [1.82, 2.24) is 25.8 Å². The Morgan fingerprint density at radius 3 is 3.04 bits per heavy atom. The van der Waals surface area contributed by atoms with E-state index in [1.807, 2.05) is 12.1 Å². The summed E-state index contributed by atoms with van der Waals surface area (Å²) < 4.78 is 5.27. The first kappa shape index (κ1) is 20.4. The van der Waals surface area contributed by atoms with E-state index in [2.05, 4.69) is 49.5 Å². The second-order valence-electron chi connectivity index (χ2n) is 7.19. The standard InChI is InChI=1S/C19H28ClN7O/c1-13(2)17-25-16(28-26-17)7-5-10-23-19(21-3)24-14-8-11-27(12-14)18-15(20)6-4-9-22-18/h4,6,9,13-14H,5,7-8,10-12H2,1-3H3,(H2,21,23,24). The summed E-state index contributed by atoms with van der Waals surface area (Å²) in [5, 5.41) is 11.5. The Balaban J connectivity index is 1.40. The topological polar surface area (TPSA) is 91.5 Å². The summed E-state index contributed by atoms with van der Waals surface area (Å²) in [6.07, 6.45) is 4.42. The average molecular weight is 406 g/mol. The van der Waals surface area contributed by atoms with E-state index in [0.29, 0.717) is 17.0 Å². The fourth-order valence-electron chi connectivity index (χ4n) is 3.12. The lowest BCUT2D eigenvalue weighted by atomic mass is 10.2. The molecule has 0 radical (unpaired) electrons. The number of aromatic nitrogens is 3. The highest BCUT2D eigenvalue weighted by Gasteiger charge is 2.25. The van der Waals surface area contributed by atoms with Gasteiger partial charge in [-0.2, -0.15) is 4.98 Å². The van der Waals surface area contributed by atoms with Gasteiger partial charge in [-0.3, -0.25) is 4.99 Å². The third-order valence-corrected chi connectivity index (χ3v) is 4.95. The molecule has 152 valence electrons. The largest absolute Gasteiger partial charge is 0.356 e. The number of nitrogens with zero attached hydrogens (tertiary/aromatic N) is 5. The maximum absolute atomic E-state index is 6.26. The number of hydrogen-bond donors (Lipinski definition) is 2. The van der Waals surface area contributed by atoms with Crippen LogP contribution in [0.25, 0.3) is 0 Å². The summed E-state index contributed by atoms with van der Waals surface area (Å²) in [7, 11) is 1.78. The Morgan fingerprint density at radius 2 is 2.32 bits per heavy atom. The van der Waals surface area contributed by atoms with Crippen molar-refractivity contribution in [1.29, 1.82) is 0 Å². The van der Waals surface area contributed by atoms with Crippen molar-refractivity contribution in [2.45, 2.75) is 45.1 Å². The summed E-state index contributed by atoms with van der Waals surface area (Å²) in [6, 6.07) is 4.02. The van der Waals surface area contributed by atoms with E-state index in [4.69, 9.17) is 16.1 Å². The zero-order chi connectivity index (χ0) is 19.9. The highest BCUT2D eigenvalue weighted by Crippen LogP contribution is 2.25. The number of aliphatic imine (C=N–C) groups is 1.